The zero-order valence-corrected chi connectivity index (χ0v) is 11.4. The average molecular weight is 301 g/mol. The highest BCUT2D eigenvalue weighted by molar-refractivity contribution is 5.79. The van der Waals surface area contributed by atoms with Crippen molar-refractivity contribution in [3.8, 4) is 5.75 Å². The van der Waals surface area contributed by atoms with Crippen molar-refractivity contribution in [2.75, 3.05) is 12.0 Å². The molecule has 3 aromatic rings. The van der Waals surface area contributed by atoms with E-state index in [9.17, 15) is 9.18 Å². The molecule has 22 heavy (non-hydrogen) atoms. The van der Waals surface area contributed by atoms with Crippen LogP contribution in [0.3, 0.4) is 0 Å². The lowest BCUT2D eigenvalue weighted by Crippen LogP contribution is -2.33. The molecule has 0 aliphatic heterocycles. The van der Waals surface area contributed by atoms with Crippen molar-refractivity contribution in [1.82, 2.24) is 10.4 Å². The fraction of sp³-hybridized carbons (Fsp3) is 0.0667. The number of anilines is 1. The number of rotatable bonds is 5. The minimum atomic E-state index is -0.424. The average Bonchev–Trinajstić information content (AvgIpc) is 2.95. The van der Waals surface area contributed by atoms with Gasteiger partial charge in [-0.2, -0.15) is 4.98 Å². The summed E-state index contributed by atoms with van der Waals surface area (Å²) in [5.74, 6) is -0.389. The summed E-state index contributed by atoms with van der Waals surface area (Å²) in [6.07, 6.45) is 0. The number of fused-ring (bicyclic) bond motifs is 1. The number of ether oxygens (including phenoxy) is 1. The van der Waals surface area contributed by atoms with Crippen molar-refractivity contribution in [2.45, 2.75) is 0 Å². The molecule has 2 aromatic carbocycles. The van der Waals surface area contributed by atoms with Crippen molar-refractivity contribution < 1.29 is 18.3 Å². The van der Waals surface area contributed by atoms with Crippen molar-refractivity contribution in [2.24, 2.45) is 0 Å². The lowest BCUT2D eigenvalue weighted by Gasteiger charge is -2.07. The Bertz CT molecular complexity index is 753. The van der Waals surface area contributed by atoms with Crippen LogP contribution in [0.1, 0.15) is 0 Å². The van der Waals surface area contributed by atoms with Gasteiger partial charge >= 0.3 is 6.01 Å². The van der Waals surface area contributed by atoms with E-state index in [1.54, 1.807) is 12.1 Å². The predicted octanol–water partition coefficient (Wildman–Crippen LogP) is 2.49. The number of nitrogens with one attached hydrogen (secondary N) is 2. The number of hydrazine groups is 1. The normalized spacial score (nSPS) is 10.4. The van der Waals surface area contributed by atoms with Crippen molar-refractivity contribution in [3.63, 3.8) is 0 Å². The van der Waals surface area contributed by atoms with Crippen LogP contribution in [-0.4, -0.2) is 17.5 Å². The van der Waals surface area contributed by atoms with Crippen LogP contribution in [0.4, 0.5) is 10.4 Å². The number of benzene rings is 2. The Morgan fingerprint density at radius 3 is 2.73 bits per heavy atom. The number of carbonyl (C=O) groups excluding carboxylic acids is 1. The van der Waals surface area contributed by atoms with E-state index in [2.05, 4.69) is 15.8 Å². The highest BCUT2D eigenvalue weighted by Gasteiger charge is 2.07. The maximum Gasteiger partial charge on any atom is 0.315 e. The molecule has 0 saturated carbocycles. The molecular weight excluding hydrogens is 289 g/mol. The summed E-state index contributed by atoms with van der Waals surface area (Å²) in [5, 5.41) is 0. The van der Waals surface area contributed by atoms with E-state index in [0.717, 1.165) is 0 Å². The van der Waals surface area contributed by atoms with Gasteiger partial charge in [0.2, 0.25) is 0 Å². The van der Waals surface area contributed by atoms with E-state index >= 15 is 0 Å². The zero-order chi connectivity index (χ0) is 15.4. The van der Waals surface area contributed by atoms with E-state index in [0.29, 0.717) is 16.8 Å². The molecule has 0 saturated heterocycles. The van der Waals surface area contributed by atoms with Crippen LogP contribution in [0.25, 0.3) is 11.1 Å². The molecule has 0 atom stereocenters. The van der Waals surface area contributed by atoms with E-state index < -0.39 is 5.91 Å². The summed E-state index contributed by atoms with van der Waals surface area (Å²) in [6, 6.07) is 12.8. The first-order valence-electron chi connectivity index (χ1n) is 6.49. The van der Waals surface area contributed by atoms with Crippen LogP contribution in [0, 0.1) is 5.82 Å². The molecule has 1 aromatic heterocycles. The zero-order valence-electron chi connectivity index (χ0n) is 11.4. The second-order valence-corrected chi connectivity index (χ2v) is 4.40. The van der Waals surface area contributed by atoms with Gasteiger partial charge in [-0.05, 0) is 36.4 Å². The Labute approximate surface area is 124 Å². The van der Waals surface area contributed by atoms with Gasteiger partial charge in [-0.3, -0.25) is 15.6 Å². The first kappa shape index (κ1) is 13.9. The van der Waals surface area contributed by atoms with Crippen LogP contribution >= 0.6 is 0 Å². The number of carbonyl (C=O) groups is 1. The smallest absolute Gasteiger partial charge is 0.315 e. The molecule has 0 aliphatic rings. The Kier molecular flexibility index (Phi) is 3.86. The standard InChI is InChI=1S/C15H12FN3O3/c16-10-5-7-11(8-6-10)21-9-14(20)18-19-15-17-12-3-1-2-4-13(12)22-15/h1-8H,9H2,(H,17,19)(H,18,20). The minimum Gasteiger partial charge on any atom is -0.484 e. The second kappa shape index (κ2) is 6.13. The quantitative estimate of drug-likeness (QED) is 0.708. The number of oxazole rings is 1. The van der Waals surface area contributed by atoms with E-state index in [-0.39, 0.29) is 18.4 Å². The maximum absolute atomic E-state index is 12.7. The fourth-order valence-electron chi connectivity index (χ4n) is 1.76. The second-order valence-electron chi connectivity index (χ2n) is 4.40. The Hall–Kier alpha value is -3.09. The van der Waals surface area contributed by atoms with Gasteiger partial charge in [-0.25, -0.2) is 4.39 Å². The summed E-state index contributed by atoms with van der Waals surface area (Å²) >= 11 is 0. The molecule has 3 rings (SSSR count). The SMILES string of the molecule is O=C(COc1ccc(F)cc1)NNc1nc2ccccc2o1. The molecule has 6 nitrogen and oxygen atoms in total. The molecule has 1 heterocycles. The summed E-state index contributed by atoms with van der Waals surface area (Å²) in [5.41, 5.74) is 6.25. The van der Waals surface area contributed by atoms with Crippen molar-refractivity contribution in [1.29, 1.82) is 0 Å². The molecule has 0 spiro atoms. The lowest BCUT2D eigenvalue weighted by atomic mass is 10.3. The topological polar surface area (TPSA) is 76.4 Å². The van der Waals surface area contributed by atoms with Gasteiger partial charge in [-0.15, -0.1) is 0 Å². The van der Waals surface area contributed by atoms with Crippen LogP contribution in [0.2, 0.25) is 0 Å². The van der Waals surface area contributed by atoms with Gasteiger partial charge in [0.05, 0.1) is 0 Å². The highest BCUT2D eigenvalue weighted by atomic mass is 19.1. The first-order valence-corrected chi connectivity index (χ1v) is 6.49. The molecule has 0 unspecified atom stereocenters. The number of hydrogen-bond donors (Lipinski definition) is 2. The molecule has 1 amide bonds. The number of para-hydroxylation sites is 2. The first-order chi connectivity index (χ1) is 10.7. The molecule has 112 valence electrons. The van der Waals surface area contributed by atoms with E-state index in [1.165, 1.54) is 24.3 Å². The van der Waals surface area contributed by atoms with Gasteiger partial charge in [0.1, 0.15) is 17.1 Å². The van der Waals surface area contributed by atoms with E-state index in [1.807, 2.05) is 12.1 Å². The summed E-state index contributed by atoms with van der Waals surface area (Å²) in [7, 11) is 0. The number of halogens is 1. The number of amides is 1. The third-order valence-electron chi connectivity index (χ3n) is 2.79. The number of aromatic nitrogens is 1. The molecule has 7 heteroatoms. The van der Waals surface area contributed by atoms with Gasteiger partial charge < -0.3 is 9.15 Å². The van der Waals surface area contributed by atoms with Crippen LogP contribution in [0.5, 0.6) is 5.75 Å². The molecular formula is C15H12FN3O3. The third-order valence-corrected chi connectivity index (χ3v) is 2.79. The third kappa shape index (κ3) is 3.32. The largest absolute Gasteiger partial charge is 0.484 e. The van der Waals surface area contributed by atoms with Gasteiger partial charge in [0.25, 0.3) is 5.91 Å². The summed E-state index contributed by atoms with van der Waals surface area (Å²) in [4.78, 5) is 15.8. The van der Waals surface area contributed by atoms with Crippen LogP contribution in [0.15, 0.2) is 52.9 Å². The van der Waals surface area contributed by atoms with Crippen LogP contribution in [-0.2, 0) is 4.79 Å². The molecule has 2 N–H and O–H groups in total. The van der Waals surface area contributed by atoms with Crippen molar-refractivity contribution >= 4 is 23.0 Å². The Morgan fingerprint density at radius 1 is 1.18 bits per heavy atom. The van der Waals surface area contributed by atoms with E-state index in [4.69, 9.17) is 9.15 Å². The molecule has 0 fully saturated rings. The Morgan fingerprint density at radius 2 is 1.95 bits per heavy atom. The lowest BCUT2D eigenvalue weighted by molar-refractivity contribution is -0.122. The minimum absolute atomic E-state index is 0.177. The monoisotopic (exact) mass is 301 g/mol. The van der Waals surface area contributed by atoms with Gasteiger partial charge in [0.15, 0.2) is 12.2 Å². The summed E-state index contributed by atoms with van der Waals surface area (Å²) in [6.45, 7) is -0.223. The van der Waals surface area contributed by atoms with Gasteiger partial charge in [0, 0.05) is 0 Å². The number of hydrogen-bond acceptors (Lipinski definition) is 5. The van der Waals surface area contributed by atoms with Crippen LogP contribution < -0.4 is 15.6 Å². The summed E-state index contributed by atoms with van der Waals surface area (Å²) < 4.78 is 23.3. The Balaban J connectivity index is 1.50. The maximum atomic E-state index is 12.7. The molecule has 0 radical (unpaired) electrons. The van der Waals surface area contributed by atoms with Crippen molar-refractivity contribution in [3.05, 3.63) is 54.3 Å². The highest BCUT2D eigenvalue weighted by Crippen LogP contribution is 2.17. The number of nitrogens with zero attached hydrogens (tertiary/aromatic N) is 1. The van der Waals surface area contributed by atoms with Gasteiger partial charge in [-0.1, -0.05) is 12.1 Å². The predicted molar refractivity (Wildman–Crippen MR) is 77.7 cm³/mol. The molecule has 0 aliphatic carbocycles. The molecule has 0 bridgehead atoms. The fourth-order valence-corrected chi connectivity index (χ4v) is 1.76.